The molecule has 0 fully saturated rings. The van der Waals surface area contributed by atoms with Crippen LogP contribution in [0.15, 0.2) is 42.5 Å². The van der Waals surface area contributed by atoms with Crippen LogP contribution in [0.4, 0.5) is 0 Å². The van der Waals surface area contributed by atoms with Crippen molar-refractivity contribution >= 4 is 34.5 Å². The second-order valence-electron chi connectivity index (χ2n) is 8.15. The van der Waals surface area contributed by atoms with Crippen molar-refractivity contribution in [3.05, 3.63) is 87.9 Å². The Morgan fingerprint density at radius 1 is 1.10 bits per heavy atom. The van der Waals surface area contributed by atoms with E-state index in [1.165, 1.54) is 68.3 Å². The summed E-state index contributed by atoms with van der Waals surface area (Å²) < 4.78 is 4.58. The van der Waals surface area contributed by atoms with Gasteiger partial charge in [0.25, 0.3) is 0 Å². The molecule has 2 aromatic heterocycles. The average molecular weight is 378 g/mol. The van der Waals surface area contributed by atoms with Crippen molar-refractivity contribution < 1.29 is 4.36 Å². The SMILES string of the molecule is Cc1cc(/C=C/c2ccc3c4c(cccc24)CC3)n2c1c(CCN)c1[n+]2=CC=C1. The Morgan fingerprint density at radius 3 is 2.83 bits per heavy atom. The lowest BCUT2D eigenvalue weighted by Gasteiger charge is -2.05. The lowest BCUT2D eigenvalue weighted by molar-refractivity contribution is -0.583. The van der Waals surface area contributed by atoms with Crippen LogP contribution in [0.2, 0.25) is 0 Å². The van der Waals surface area contributed by atoms with Crippen LogP contribution in [0, 0.1) is 13.1 Å². The van der Waals surface area contributed by atoms with Crippen molar-refractivity contribution in [2.24, 2.45) is 5.73 Å². The van der Waals surface area contributed by atoms with Gasteiger partial charge in [-0.05, 0) is 77.9 Å². The predicted molar refractivity (Wildman–Crippen MR) is 120 cm³/mol. The first-order valence-electron chi connectivity index (χ1n) is 10.4. The number of aromatic nitrogens is 2. The van der Waals surface area contributed by atoms with Crippen molar-refractivity contribution in [3.8, 4) is 0 Å². The Hall–Kier alpha value is -3.17. The predicted octanol–water partition coefficient (Wildman–Crippen LogP) is 4.21. The fourth-order valence-corrected chi connectivity index (χ4v) is 5.25. The molecule has 3 nitrogen and oxygen atoms in total. The van der Waals surface area contributed by atoms with Crippen LogP contribution >= 0.6 is 0 Å². The fourth-order valence-electron chi connectivity index (χ4n) is 5.25. The molecule has 29 heavy (non-hydrogen) atoms. The largest absolute Gasteiger partial charge is 0.330 e. The summed E-state index contributed by atoms with van der Waals surface area (Å²) >= 11 is 0. The molecule has 0 spiro atoms. The van der Waals surface area contributed by atoms with Gasteiger partial charge in [0.15, 0.2) is 0 Å². The van der Waals surface area contributed by atoms with E-state index in [1.54, 1.807) is 0 Å². The van der Waals surface area contributed by atoms with E-state index in [-0.39, 0.29) is 0 Å². The Kier molecular flexibility index (Phi) is 3.56. The molecule has 1 aliphatic carbocycles. The molecular formula is C26H24N3+. The lowest BCUT2D eigenvalue weighted by Crippen LogP contribution is -2.24. The molecule has 2 aliphatic rings. The number of nitrogens with zero attached hydrogens (tertiary/aromatic N) is 2. The summed E-state index contributed by atoms with van der Waals surface area (Å²) in [5.74, 6) is 0. The minimum atomic E-state index is 0.664. The van der Waals surface area contributed by atoms with Gasteiger partial charge >= 0.3 is 0 Å². The van der Waals surface area contributed by atoms with Gasteiger partial charge in [-0.3, -0.25) is 0 Å². The van der Waals surface area contributed by atoms with E-state index in [0.29, 0.717) is 6.54 Å². The van der Waals surface area contributed by atoms with E-state index in [1.807, 2.05) is 0 Å². The zero-order chi connectivity index (χ0) is 19.5. The second kappa shape index (κ2) is 6.16. The van der Waals surface area contributed by atoms with Gasteiger partial charge in [0.2, 0.25) is 11.9 Å². The van der Waals surface area contributed by atoms with Gasteiger partial charge in [0.1, 0.15) is 11.2 Å². The van der Waals surface area contributed by atoms with Crippen molar-refractivity contribution in [1.29, 1.82) is 0 Å². The highest BCUT2D eigenvalue weighted by molar-refractivity contribution is 5.98. The number of benzene rings is 2. The van der Waals surface area contributed by atoms with Crippen molar-refractivity contribution in [2.75, 3.05) is 6.54 Å². The highest BCUT2D eigenvalue weighted by Gasteiger charge is 2.26. The van der Waals surface area contributed by atoms with Crippen LogP contribution in [0.25, 0.3) is 34.5 Å². The van der Waals surface area contributed by atoms with E-state index in [2.05, 4.69) is 82.7 Å². The minimum Gasteiger partial charge on any atom is -0.330 e. The monoisotopic (exact) mass is 378 g/mol. The number of aryl methyl sites for hydroxylation is 3. The first-order valence-corrected chi connectivity index (χ1v) is 10.4. The molecule has 142 valence electrons. The van der Waals surface area contributed by atoms with Crippen LogP contribution in [-0.4, -0.2) is 11.1 Å². The molecule has 0 unspecified atom stereocenters. The highest BCUT2D eigenvalue weighted by Crippen LogP contribution is 2.33. The van der Waals surface area contributed by atoms with Gasteiger partial charge in [0.05, 0.1) is 5.56 Å². The molecule has 0 atom stereocenters. The van der Waals surface area contributed by atoms with E-state index >= 15 is 0 Å². The third kappa shape index (κ3) is 2.31. The molecule has 3 heterocycles. The topological polar surface area (TPSA) is 36.3 Å². The maximum Gasteiger partial charge on any atom is 0.242 e. The van der Waals surface area contributed by atoms with E-state index < -0.39 is 0 Å². The molecule has 0 saturated heterocycles. The highest BCUT2D eigenvalue weighted by atomic mass is 15.3. The van der Waals surface area contributed by atoms with E-state index in [9.17, 15) is 0 Å². The Balaban J connectivity index is 1.53. The van der Waals surface area contributed by atoms with E-state index in [4.69, 9.17) is 5.73 Å². The Morgan fingerprint density at radius 2 is 1.97 bits per heavy atom. The van der Waals surface area contributed by atoms with Gasteiger partial charge in [-0.1, -0.05) is 40.8 Å². The van der Waals surface area contributed by atoms with Crippen molar-refractivity contribution in [1.82, 2.24) is 4.52 Å². The zero-order valence-electron chi connectivity index (χ0n) is 16.7. The van der Waals surface area contributed by atoms with Crippen LogP contribution in [-0.2, 0) is 19.3 Å². The van der Waals surface area contributed by atoms with Crippen molar-refractivity contribution in [3.63, 3.8) is 0 Å². The molecule has 3 heteroatoms. The molecule has 6 rings (SSSR count). The molecule has 0 radical (unpaired) electrons. The van der Waals surface area contributed by atoms with Gasteiger partial charge in [-0.25, -0.2) is 0 Å². The molecule has 2 aromatic carbocycles. The summed E-state index contributed by atoms with van der Waals surface area (Å²) in [5.41, 5.74) is 16.6. The minimum absolute atomic E-state index is 0.664. The summed E-state index contributed by atoms with van der Waals surface area (Å²) in [6, 6.07) is 13.6. The first-order chi connectivity index (χ1) is 14.3. The number of rotatable bonds is 4. The third-order valence-corrected chi connectivity index (χ3v) is 6.47. The molecular weight excluding hydrogens is 354 g/mol. The first kappa shape index (κ1) is 16.8. The lowest BCUT2D eigenvalue weighted by atomic mass is 9.99. The maximum atomic E-state index is 5.91. The number of hydrogen-bond acceptors (Lipinski definition) is 1. The van der Waals surface area contributed by atoms with Gasteiger partial charge in [-0.15, -0.1) is 4.52 Å². The number of nitrogens with two attached hydrogens (primary N) is 1. The summed E-state index contributed by atoms with van der Waals surface area (Å²) in [4.78, 5) is 0. The summed E-state index contributed by atoms with van der Waals surface area (Å²) in [5, 5.41) is 2.84. The smallest absolute Gasteiger partial charge is 0.242 e. The number of hydrogen-bond donors (Lipinski definition) is 1. The molecule has 0 saturated carbocycles. The van der Waals surface area contributed by atoms with Crippen LogP contribution in [0.1, 0.15) is 39.2 Å². The van der Waals surface area contributed by atoms with Crippen LogP contribution in [0.5, 0.6) is 0 Å². The summed E-state index contributed by atoms with van der Waals surface area (Å²) in [6.07, 6.45) is 14.2. The van der Waals surface area contributed by atoms with Gasteiger partial charge in [0, 0.05) is 12.2 Å². The van der Waals surface area contributed by atoms with Gasteiger partial charge < -0.3 is 5.73 Å². The quantitative estimate of drug-likeness (QED) is 0.531. The summed E-state index contributed by atoms with van der Waals surface area (Å²) in [6.45, 7) is 2.86. The molecule has 1 aliphatic heterocycles. The molecule has 0 bridgehead atoms. The molecule has 2 N–H and O–H groups in total. The molecule has 4 aromatic rings. The Bertz CT molecular complexity index is 1410. The number of allylic oxidation sites excluding steroid dienone is 1. The van der Waals surface area contributed by atoms with Gasteiger partial charge in [-0.2, -0.15) is 0 Å². The van der Waals surface area contributed by atoms with Crippen LogP contribution < -0.4 is 10.1 Å². The van der Waals surface area contributed by atoms with Crippen LogP contribution in [0.3, 0.4) is 0 Å². The number of fused-ring (bicyclic) bond motifs is 3. The zero-order valence-corrected chi connectivity index (χ0v) is 16.7. The average Bonchev–Trinajstić information content (AvgIpc) is 3.47. The normalized spacial score (nSPS) is 14.6. The van der Waals surface area contributed by atoms with E-state index in [0.717, 1.165) is 6.42 Å². The fraction of sp³-hybridized carbons (Fsp3) is 0.192. The third-order valence-electron chi connectivity index (χ3n) is 6.47. The second-order valence-corrected chi connectivity index (χ2v) is 8.15. The Labute approximate surface area is 170 Å². The maximum absolute atomic E-state index is 5.91. The standard InChI is InChI=1S/C26H24N3/c1-17-16-21(29-26(17)23(13-14-27)24-6-3-15-28(24)29)12-11-18-7-8-20-10-9-19-4-2-5-22(18)25(19)20/h2-8,11-12,15-16H,9-10,13-14,27H2,1H3/q+1/b12-11+. The summed E-state index contributed by atoms with van der Waals surface area (Å²) in [7, 11) is 0. The van der Waals surface area contributed by atoms with Crippen molar-refractivity contribution in [2.45, 2.75) is 26.2 Å². The molecule has 0 amide bonds.